The Bertz CT molecular complexity index is 471. The smallest absolute Gasteiger partial charge is 0.260 e. The molecule has 0 aliphatic carbocycles. The van der Waals surface area contributed by atoms with E-state index >= 15 is 0 Å². The molecule has 3 nitrogen and oxygen atoms in total. The molecule has 1 N–H and O–H groups in total. The zero-order valence-corrected chi connectivity index (χ0v) is 11.8. The molecule has 96 valence electrons. The monoisotopic (exact) mass is 262 g/mol. The molecule has 0 fully saturated rings. The summed E-state index contributed by atoms with van der Waals surface area (Å²) in [6.07, 6.45) is 3.24. The van der Waals surface area contributed by atoms with Crippen LogP contribution in [0.15, 0.2) is 51.3 Å². The Labute approximate surface area is 112 Å². The number of aromatic nitrogens is 1. The van der Waals surface area contributed by atoms with Crippen LogP contribution < -0.4 is 5.32 Å². The number of nitrogens with zero attached hydrogens (tertiary/aromatic N) is 1. The number of benzene rings is 1. The number of rotatable bonds is 4. The van der Waals surface area contributed by atoms with Gasteiger partial charge in [-0.1, -0.05) is 12.1 Å². The van der Waals surface area contributed by atoms with Gasteiger partial charge in [0.05, 0.1) is 6.20 Å². The number of oxazole rings is 1. The lowest BCUT2D eigenvalue weighted by atomic mass is 10.1. The molecule has 2 rings (SSSR count). The fourth-order valence-corrected chi connectivity index (χ4v) is 2.10. The normalized spacial score (nSPS) is 11.7. The van der Waals surface area contributed by atoms with Crippen molar-refractivity contribution in [1.82, 2.24) is 10.3 Å². The summed E-state index contributed by atoms with van der Waals surface area (Å²) in [6, 6.07) is 8.44. The average Bonchev–Trinajstić information content (AvgIpc) is 2.80. The average molecular weight is 262 g/mol. The summed E-state index contributed by atoms with van der Waals surface area (Å²) < 4.78 is 5.20. The first-order valence-corrected chi connectivity index (χ1v) is 6.76. The van der Waals surface area contributed by atoms with E-state index in [1.165, 1.54) is 17.3 Å². The molecule has 0 unspecified atom stereocenters. The maximum atomic E-state index is 5.20. The lowest BCUT2D eigenvalue weighted by Crippen LogP contribution is -2.35. The van der Waals surface area contributed by atoms with Gasteiger partial charge in [-0.05, 0) is 50.2 Å². The topological polar surface area (TPSA) is 38.1 Å². The lowest BCUT2D eigenvalue weighted by Gasteiger charge is -2.20. The molecule has 1 heterocycles. The highest BCUT2D eigenvalue weighted by molar-refractivity contribution is 7.99. The highest BCUT2D eigenvalue weighted by atomic mass is 32.2. The van der Waals surface area contributed by atoms with E-state index in [-0.39, 0.29) is 5.54 Å². The van der Waals surface area contributed by atoms with Gasteiger partial charge in [-0.3, -0.25) is 0 Å². The van der Waals surface area contributed by atoms with Crippen LogP contribution >= 0.6 is 11.8 Å². The van der Waals surface area contributed by atoms with E-state index in [0.29, 0.717) is 5.22 Å². The van der Waals surface area contributed by atoms with E-state index in [4.69, 9.17) is 4.42 Å². The first-order chi connectivity index (χ1) is 8.53. The molecule has 0 atom stereocenters. The van der Waals surface area contributed by atoms with Gasteiger partial charge in [0.15, 0.2) is 0 Å². The van der Waals surface area contributed by atoms with E-state index in [9.17, 15) is 0 Å². The summed E-state index contributed by atoms with van der Waals surface area (Å²) in [5.74, 6) is 0. The van der Waals surface area contributed by atoms with E-state index in [0.717, 1.165) is 11.4 Å². The van der Waals surface area contributed by atoms with E-state index < -0.39 is 0 Å². The van der Waals surface area contributed by atoms with Crippen molar-refractivity contribution < 1.29 is 4.42 Å². The van der Waals surface area contributed by atoms with Crippen LogP contribution in [0, 0.1) is 0 Å². The Balaban J connectivity index is 1.93. The lowest BCUT2D eigenvalue weighted by molar-refractivity contribution is 0.424. The third kappa shape index (κ3) is 4.20. The highest BCUT2D eigenvalue weighted by Gasteiger charge is 2.08. The number of nitrogens with one attached hydrogen (secondary N) is 1. The van der Waals surface area contributed by atoms with Gasteiger partial charge in [-0.2, -0.15) is 0 Å². The second-order valence-electron chi connectivity index (χ2n) is 5.15. The van der Waals surface area contributed by atoms with Crippen molar-refractivity contribution in [3.05, 3.63) is 42.3 Å². The van der Waals surface area contributed by atoms with Crippen LogP contribution in [0.4, 0.5) is 0 Å². The van der Waals surface area contributed by atoms with Crippen LogP contribution in [0.3, 0.4) is 0 Å². The fraction of sp³-hybridized carbons (Fsp3) is 0.357. The molecule has 0 saturated carbocycles. The Kier molecular flexibility index (Phi) is 4.09. The summed E-state index contributed by atoms with van der Waals surface area (Å²) in [6.45, 7) is 7.38. The van der Waals surface area contributed by atoms with Gasteiger partial charge in [-0.15, -0.1) is 0 Å². The highest BCUT2D eigenvalue weighted by Crippen LogP contribution is 2.26. The first-order valence-electron chi connectivity index (χ1n) is 5.94. The first kappa shape index (κ1) is 13.2. The van der Waals surface area contributed by atoms with Crippen LogP contribution in [-0.2, 0) is 6.54 Å². The molecular weight excluding hydrogens is 244 g/mol. The second-order valence-corrected chi connectivity index (χ2v) is 6.17. The zero-order valence-electron chi connectivity index (χ0n) is 10.9. The van der Waals surface area contributed by atoms with Gasteiger partial charge >= 0.3 is 0 Å². The molecule has 0 spiro atoms. The van der Waals surface area contributed by atoms with Crippen LogP contribution in [0.5, 0.6) is 0 Å². The van der Waals surface area contributed by atoms with Crippen LogP contribution in [0.2, 0.25) is 0 Å². The molecule has 0 bridgehead atoms. The van der Waals surface area contributed by atoms with Gasteiger partial charge in [-0.25, -0.2) is 4.98 Å². The van der Waals surface area contributed by atoms with Crippen molar-refractivity contribution in [3.63, 3.8) is 0 Å². The van der Waals surface area contributed by atoms with Crippen molar-refractivity contribution in [2.45, 2.75) is 43.0 Å². The van der Waals surface area contributed by atoms with Gasteiger partial charge in [0.25, 0.3) is 5.22 Å². The van der Waals surface area contributed by atoms with Crippen molar-refractivity contribution in [2.75, 3.05) is 0 Å². The quantitative estimate of drug-likeness (QED) is 0.911. The molecule has 1 aromatic carbocycles. The molecule has 0 radical (unpaired) electrons. The van der Waals surface area contributed by atoms with Crippen molar-refractivity contribution in [2.24, 2.45) is 0 Å². The predicted molar refractivity (Wildman–Crippen MR) is 73.7 cm³/mol. The molecule has 0 aliphatic heterocycles. The number of hydrogen-bond donors (Lipinski definition) is 1. The van der Waals surface area contributed by atoms with E-state index in [2.05, 4.69) is 55.3 Å². The predicted octanol–water partition coefficient (Wildman–Crippen LogP) is 3.71. The van der Waals surface area contributed by atoms with Crippen molar-refractivity contribution in [1.29, 1.82) is 0 Å². The van der Waals surface area contributed by atoms with E-state index in [1.54, 1.807) is 12.5 Å². The molecular formula is C14H18N2OS. The van der Waals surface area contributed by atoms with Crippen molar-refractivity contribution >= 4 is 11.8 Å². The minimum atomic E-state index is 0.144. The van der Waals surface area contributed by atoms with Crippen molar-refractivity contribution in [3.8, 4) is 0 Å². The minimum absolute atomic E-state index is 0.144. The Morgan fingerprint density at radius 3 is 2.50 bits per heavy atom. The van der Waals surface area contributed by atoms with Crippen LogP contribution in [0.1, 0.15) is 26.3 Å². The third-order valence-electron chi connectivity index (χ3n) is 2.36. The molecule has 2 aromatic rings. The molecule has 1 aromatic heterocycles. The second kappa shape index (κ2) is 5.59. The summed E-state index contributed by atoms with van der Waals surface area (Å²) in [5, 5.41) is 4.14. The molecule has 18 heavy (non-hydrogen) atoms. The maximum Gasteiger partial charge on any atom is 0.260 e. The Morgan fingerprint density at radius 2 is 1.94 bits per heavy atom. The number of hydrogen-bond acceptors (Lipinski definition) is 4. The molecule has 0 saturated heterocycles. The van der Waals surface area contributed by atoms with Crippen LogP contribution in [0.25, 0.3) is 0 Å². The fourth-order valence-electron chi connectivity index (χ4n) is 1.40. The van der Waals surface area contributed by atoms with Gasteiger partial charge in [0, 0.05) is 17.0 Å². The Hall–Kier alpha value is -1.26. The van der Waals surface area contributed by atoms with Crippen LogP contribution in [-0.4, -0.2) is 10.5 Å². The van der Waals surface area contributed by atoms with Gasteiger partial charge < -0.3 is 9.73 Å². The standard InChI is InChI=1S/C14H18N2OS/c1-14(2,3)16-10-11-4-6-12(7-5-11)18-13-15-8-9-17-13/h4-9,16H,10H2,1-3H3. The summed E-state index contributed by atoms with van der Waals surface area (Å²) in [5.41, 5.74) is 1.42. The molecule has 4 heteroatoms. The third-order valence-corrected chi connectivity index (χ3v) is 3.25. The molecule has 0 amide bonds. The van der Waals surface area contributed by atoms with Gasteiger partial charge in [0.1, 0.15) is 6.26 Å². The minimum Gasteiger partial charge on any atom is -0.440 e. The summed E-state index contributed by atoms with van der Waals surface area (Å²) in [4.78, 5) is 5.22. The largest absolute Gasteiger partial charge is 0.440 e. The zero-order chi connectivity index (χ0) is 13.0. The SMILES string of the molecule is CC(C)(C)NCc1ccc(Sc2ncco2)cc1. The Morgan fingerprint density at radius 1 is 1.22 bits per heavy atom. The molecule has 0 aliphatic rings. The maximum absolute atomic E-state index is 5.20. The van der Waals surface area contributed by atoms with E-state index in [1.807, 2.05) is 0 Å². The van der Waals surface area contributed by atoms with Gasteiger partial charge in [0.2, 0.25) is 0 Å². The summed E-state index contributed by atoms with van der Waals surface area (Å²) >= 11 is 1.53. The summed E-state index contributed by atoms with van der Waals surface area (Å²) in [7, 11) is 0.